The topological polar surface area (TPSA) is 98.5 Å². The van der Waals surface area contributed by atoms with E-state index in [1.165, 1.54) is 6.42 Å². The third kappa shape index (κ3) is 5.68. The lowest BCUT2D eigenvalue weighted by atomic mass is 9.85. The van der Waals surface area contributed by atoms with Gasteiger partial charge in [0.1, 0.15) is 0 Å². The number of amides is 2. The first-order chi connectivity index (χ1) is 11.6. The summed E-state index contributed by atoms with van der Waals surface area (Å²) in [5, 5.41) is 2.55. The largest absolute Gasteiger partial charge is 0.436 e. The predicted octanol–water partition coefficient (Wildman–Crippen LogP) is 2.42. The summed E-state index contributed by atoms with van der Waals surface area (Å²) in [6.07, 6.45) is 4.05. The standard InChI is InChI=1S/C18H24N2O4/c19-18(23)24-16(11-13-7-3-1-4-8-13)17(22)20-12-15(21)14-9-5-2-6-10-14/h2,5-6,9-10,13,16H,1,3-4,7-8,11-12H2,(H2,19,23)(H,20,22). The molecule has 24 heavy (non-hydrogen) atoms. The van der Waals surface area contributed by atoms with Gasteiger partial charge < -0.3 is 15.8 Å². The summed E-state index contributed by atoms with van der Waals surface area (Å²) < 4.78 is 4.97. The lowest BCUT2D eigenvalue weighted by Crippen LogP contribution is -2.42. The molecule has 0 heterocycles. The third-order valence-corrected chi connectivity index (χ3v) is 4.34. The van der Waals surface area contributed by atoms with Crippen molar-refractivity contribution in [2.24, 2.45) is 11.7 Å². The summed E-state index contributed by atoms with van der Waals surface area (Å²) in [5.41, 5.74) is 5.60. The number of ether oxygens (including phenoxy) is 1. The molecule has 0 bridgehead atoms. The molecule has 6 heteroatoms. The monoisotopic (exact) mass is 332 g/mol. The lowest BCUT2D eigenvalue weighted by molar-refractivity contribution is -0.130. The lowest BCUT2D eigenvalue weighted by Gasteiger charge is -2.25. The molecule has 1 saturated carbocycles. The van der Waals surface area contributed by atoms with Crippen molar-refractivity contribution in [3.63, 3.8) is 0 Å². The average molecular weight is 332 g/mol. The Balaban J connectivity index is 1.89. The van der Waals surface area contributed by atoms with Gasteiger partial charge in [-0.15, -0.1) is 0 Å². The maximum Gasteiger partial charge on any atom is 0.405 e. The zero-order chi connectivity index (χ0) is 17.4. The second-order valence-corrected chi connectivity index (χ2v) is 6.17. The summed E-state index contributed by atoms with van der Waals surface area (Å²) in [4.78, 5) is 35.4. The Bertz CT molecular complexity index is 568. The number of nitrogens with two attached hydrogens (primary N) is 1. The number of primary amides is 1. The van der Waals surface area contributed by atoms with Gasteiger partial charge in [-0.2, -0.15) is 0 Å². The second kappa shape index (κ2) is 9.05. The maximum atomic E-state index is 12.3. The van der Waals surface area contributed by atoms with Crippen molar-refractivity contribution in [2.45, 2.75) is 44.6 Å². The van der Waals surface area contributed by atoms with Crippen LogP contribution in [0.1, 0.15) is 48.9 Å². The van der Waals surface area contributed by atoms with Crippen molar-refractivity contribution in [3.05, 3.63) is 35.9 Å². The van der Waals surface area contributed by atoms with Gasteiger partial charge in [-0.25, -0.2) is 4.79 Å². The molecule has 1 unspecified atom stereocenters. The number of rotatable bonds is 7. The van der Waals surface area contributed by atoms with E-state index in [9.17, 15) is 14.4 Å². The molecule has 0 aliphatic heterocycles. The zero-order valence-electron chi connectivity index (χ0n) is 13.7. The van der Waals surface area contributed by atoms with Gasteiger partial charge in [0.25, 0.3) is 5.91 Å². The highest BCUT2D eigenvalue weighted by atomic mass is 16.6. The minimum atomic E-state index is -0.972. The number of carbonyl (C=O) groups excluding carboxylic acids is 3. The molecule has 0 spiro atoms. The Labute approximate surface area is 141 Å². The molecule has 130 valence electrons. The number of hydrogen-bond donors (Lipinski definition) is 2. The van der Waals surface area contributed by atoms with Crippen LogP contribution in [0.25, 0.3) is 0 Å². The number of benzene rings is 1. The Hall–Kier alpha value is -2.37. The normalized spacial score (nSPS) is 16.2. The van der Waals surface area contributed by atoms with Gasteiger partial charge in [-0.3, -0.25) is 9.59 Å². The van der Waals surface area contributed by atoms with E-state index in [0.717, 1.165) is 25.7 Å². The summed E-state index contributed by atoms with van der Waals surface area (Å²) >= 11 is 0. The Kier molecular flexibility index (Phi) is 6.78. The fraction of sp³-hybridized carbons (Fsp3) is 0.500. The van der Waals surface area contributed by atoms with Crippen LogP contribution in [0.2, 0.25) is 0 Å². The smallest absolute Gasteiger partial charge is 0.405 e. The summed E-state index contributed by atoms with van der Waals surface area (Å²) in [7, 11) is 0. The van der Waals surface area contributed by atoms with Crippen LogP contribution in [0, 0.1) is 5.92 Å². The van der Waals surface area contributed by atoms with E-state index in [1.807, 2.05) is 6.07 Å². The van der Waals surface area contributed by atoms with Crippen molar-refractivity contribution in [2.75, 3.05) is 6.54 Å². The Morgan fingerprint density at radius 1 is 1.12 bits per heavy atom. The molecule has 1 aromatic rings. The molecule has 0 radical (unpaired) electrons. The second-order valence-electron chi connectivity index (χ2n) is 6.17. The fourth-order valence-corrected chi connectivity index (χ4v) is 3.08. The van der Waals surface area contributed by atoms with Crippen molar-refractivity contribution in [3.8, 4) is 0 Å². The minimum absolute atomic E-state index is 0.133. The summed E-state index contributed by atoms with van der Waals surface area (Å²) in [6.45, 7) is -0.133. The number of carbonyl (C=O) groups is 3. The molecule has 2 amide bonds. The van der Waals surface area contributed by atoms with Gasteiger partial charge in [0, 0.05) is 5.56 Å². The number of Topliss-reactive ketones (excluding diaryl/α,β-unsaturated/α-hetero) is 1. The van der Waals surface area contributed by atoms with Crippen LogP contribution in [0.3, 0.4) is 0 Å². The van der Waals surface area contributed by atoms with Gasteiger partial charge in [-0.1, -0.05) is 62.4 Å². The van der Waals surface area contributed by atoms with Crippen LogP contribution in [-0.4, -0.2) is 30.4 Å². The molecule has 1 aliphatic carbocycles. The molecular weight excluding hydrogens is 308 g/mol. The van der Waals surface area contributed by atoms with E-state index >= 15 is 0 Å². The number of ketones is 1. The van der Waals surface area contributed by atoms with Crippen molar-refractivity contribution in [1.29, 1.82) is 0 Å². The van der Waals surface area contributed by atoms with Crippen LogP contribution in [0.15, 0.2) is 30.3 Å². The molecule has 3 N–H and O–H groups in total. The van der Waals surface area contributed by atoms with E-state index < -0.39 is 18.1 Å². The first-order valence-electron chi connectivity index (χ1n) is 8.38. The molecular formula is C18H24N2O4. The molecule has 1 aromatic carbocycles. The highest BCUT2D eigenvalue weighted by Gasteiger charge is 2.27. The predicted molar refractivity (Wildman–Crippen MR) is 89.4 cm³/mol. The van der Waals surface area contributed by atoms with Gasteiger partial charge in [-0.05, 0) is 12.3 Å². The summed E-state index contributed by atoms with van der Waals surface area (Å²) in [6, 6.07) is 8.71. The summed E-state index contributed by atoms with van der Waals surface area (Å²) in [5.74, 6) is -0.318. The van der Waals surface area contributed by atoms with E-state index in [-0.39, 0.29) is 12.3 Å². The number of hydrogen-bond acceptors (Lipinski definition) is 4. The van der Waals surface area contributed by atoms with Gasteiger partial charge >= 0.3 is 6.09 Å². The van der Waals surface area contributed by atoms with Crippen molar-refractivity contribution >= 4 is 17.8 Å². The van der Waals surface area contributed by atoms with E-state index in [0.29, 0.717) is 17.9 Å². The highest BCUT2D eigenvalue weighted by molar-refractivity contribution is 5.99. The van der Waals surface area contributed by atoms with Gasteiger partial charge in [0.05, 0.1) is 6.54 Å². The van der Waals surface area contributed by atoms with E-state index in [2.05, 4.69) is 5.32 Å². The zero-order valence-corrected chi connectivity index (χ0v) is 13.7. The van der Waals surface area contributed by atoms with Crippen LogP contribution in [-0.2, 0) is 9.53 Å². The van der Waals surface area contributed by atoms with Crippen molar-refractivity contribution in [1.82, 2.24) is 5.32 Å². The molecule has 1 fully saturated rings. The quantitative estimate of drug-likeness (QED) is 0.749. The van der Waals surface area contributed by atoms with E-state index in [1.54, 1.807) is 24.3 Å². The molecule has 0 aromatic heterocycles. The van der Waals surface area contributed by atoms with Gasteiger partial charge in [0.2, 0.25) is 0 Å². The fourth-order valence-electron chi connectivity index (χ4n) is 3.08. The molecule has 1 atom stereocenters. The van der Waals surface area contributed by atoms with E-state index in [4.69, 9.17) is 10.5 Å². The van der Waals surface area contributed by atoms with Crippen LogP contribution in [0.5, 0.6) is 0 Å². The molecule has 0 saturated heterocycles. The van der Waals surface area contributed by atoms with Crippen LogP contribution < -0.4 is 11.1 Å². The SMILES string of the molecule is NC(=O)OC(CC1CCCCC1)C(=O)NCC(=O)c1ccccc1. The first kappa shape index (κ1) is 18.0. The maximum absolute atomic E-state index is 12.3. The molecule has 1 aliphatic rings. The first-order valence-corrected chi connectivity index (χ1v) is 8.38. The third-order valence-electron chi connectivity index (χ3n) is 4.34. The van der Waals surface area contributed by atoms with Crippen LogP contribution in [0.4, 0.5) is 4.79 Å². The highest BCUT2D eigenvalue weighted by Crippen LogP contribution is 2.28. The average Bonchev–Trinajstić information content (AvgIpc) is 2.60. The molecule has 6 nitrogen and oxygen atoms in total. The number of nitrogens with one attached hydrogen (secondary N) is 1. The minimum Gasteiger partial charge on any atom is -0.436 e. The van der Waals surface area contributed by atoms with Gasteiger partial charge in [0.15, 0.2) is 11.9 Å². The Morgan fingerprint density at radius 2 is 1.79 bits per heavy atom. The van der Waals surface area contributed by atoms with Crippen LogP contribution >= 0.6 is 0 Å². The van der Waals surface area contributed by atoms with Crippen molar-refractivity contribution < 1.29 is 19.1 Å². The Morgan fingerprint density at radius 3 is 2.42 bits per heavy atom. The molecule has 2 rings (SSSR count).